The van der Waals surface area contributed by atoms with Gasteiger partial charge in [-0.15, -0.1) is 0 Å². The predicted octanol–water partition coefficient (Wildman–Crippen LogP) is 7.12. The molecule has 1 saturated carbocycles. The molecule has 0 aromatic rings. The first-order valence-corrected chi connectivity index (χ1v) is 13.4. The molecule has 3 N–H and O–H groups in total. The molecule has 0 aromatic carbocycles. The first kappa shape index (κ1) is 28.1. The molecule has 0 spiro atoms. The minimum Gasteiger partial charge on any atom is -0.328 e. The number of nitrogens with two attached hydrogens (primary N) is 1. The summed E-state index contributed by atoms with van der Waals surface area (Å²) in [5, 5.41) is 0. The second kappa shape index (κ2) is 20.3. The summed E-state index contributed by atoms with van der Waals surface area (Å²) in [5.41, 5.74) is 5.63. The second-order valence-corrected chi connectivity index (χ2v) is 9.52. The lowest BCUT2D eigenvalue weighted by atomic mass is 9.97. The molecule has 0 atom stereocenters. The molecule has 0 unspecified atom stereocenters. The first-order chi connectivity index (χ1) is 13.5. The Labute approximate surface area is 174 Å². The summed E-state index contributed by atoms with van der Waals surface area (Å²) in [6, 6.07) is 0.536. The zero-order valence-corrected chi connectivity index (χ0v) is 19.6. The van der Waals surface area contributed by atoms with Gasteiger partial charge in [-0.25, -0.2) is 4.57 Å². The maximum Gasteiger partial charge on any atom is 0.472 e. The van der Waals surface area contributed by atoms with E-state index in [1.165, 1.54) is 83.5 Å². The van der Waals surface area contributed by atoms with E-state index in [-0.39, 0.29) is 0 Å². The minimum atomic E-state index is -3.82. The molecule has 0 saturated heterocycles. The lowest BCUT2D eigenvalue weighted by molar-refractivity contribution is 0.145. The van der Waals surface area contributed by atoms with E-state index < -0.39 is 7.82 Å². The summed E-state index contributed by atoms with van der Waals surface area (Å²) >= 11 is 0. The molecule has 6 heteroatoms. The van der Waals surface area contributed by atoms with Crippen LogP contribution in [0.5, 0.6) is 0 Å². The second-order valence-electron chi connectivity index (χ2n) is 8.07. The van der Waals surface area contributed by atoms with Gasteiger partial charge in [-0.1, -0.05) is 97.3 Å². The van der Waals surface area contributed by atoms with E-state index in [9.17, 15) is 9.46 Å². The van der Waals surface area contributed by atoms with Crippen molar-refractivity contribution in [3.8, 4) is 0 Å². The van der Waals surface area contributed by atoms with E-state index in [1.807, 2.05) is 0 Å². The Morgan fingerprint density at radius 1 is 0.750 bits per heavy atom. The molecule has 5 nitrogen and oxygen atoms in total. The largest absolute Gasteiger partial charge is 0.472 e. The van der Waals surface area contributed by atoms with E-state index in [0.717, 1.165) is 25.7 Å². The normalized spacial score (nSPS) is 15.3. The molecule has 0 heterocycles. The van der Waals surface area contributed by atoms with Crippen LogP contribution in [0, 0.1) is 0 Å². The van der Waals surface area contributed by atoms with Crippen molar-refractivity contribution in [2.45, 2.75) is 129 Å². The van der Waals surface area contributed by atoms with E-state index in [1.54, 1.807) is 0 Å². The monoisotopic (exact) mass is 421 g/mol. The maximum atomic E-state index is 11.6. The number of hydrogen-bond acceptors (Lipinski definition) is 4. The number of hydrogen-bond donors (Lipinski definition) is 2. The van der Waals surface area contributed by atoms with E-state index in [2.05, 4.69) is 13.8 Å². The van der Waals surface area contributed by atoms with Crippen molar-refractivity contribution in [1.82, 2.24) is 0 Å². The van der Waals surface area contributed by atoms with Crippen molar-refractivity contribution in [1.29, 1.82) is 0 Å². The van der Waals surface area contributed by atoms with E-state index in [4.69, 9.17) is 14.8 Å². The minimum absolute atomic E-state index is 0.316. The van der Waals surface area contributed by atoms with Gasteiger partial charge in [-0.3, -0.25) is 9.05 Å². The van der Waals surface area contributed by atoms with Gasteiger partial charge in [0.2, 0.25) is 0 Å². The Balaban J connectivity index is 0.000000861. The molecule has 0 radical (unpaired) electrons. The fraction of sp³-hybridized carbons (Fsp3) is 1.00. The molecule has 0 aliphatic heterocycles. The Morgan fingerprint density at radius 3 is 1.50 bits per heavy atom. The highest BCUT2D eigenvalue weighted by atomic mass is 31.2. The van der Waals surface area contributed by atoms with Crippen LogP contribution in [0.3, 0.4) is 0 Å². The van der Waals surface area contributed by atoms with Crippen LogP contribution in [0.25, 0.3) is 0 Å². The Morgan fingerprint density at radius 2 is 1.14 bits per heavy atom. The van der Waals surface area contributed by atoms with Crippen LogP contribution in [-0.4, -0.2) is 24.1 Å². The molecule has 1 aliphatic carbocycles. The maximum absolute atomic E-state index is 11.6. The zero-order valence-electron chi connectivity index (χ0n) is 18.7. The number of phosphoric ester groups is 1. The fourth-order valence-electron chi connectivity index (χ4n) is 3.30. The summed E-state index contributed by atoms with van der Waals surface area (Å²) in [6.45, 7) is 5.01. The molecule has 0 aromatic heterocycles. The number of phosphoric acid groups is 1. The standard InChI is InChI=1S/C16H35O4P.C6H13N/c1-3-5-7-9-11-13-15-19-21(17,18)20-16-14-12-10-8-6-4-2;7-6-4-2-1-3-5-6/h3-16H2,1-2H3,(H,17,18);6H,1-5,7H2. The van der Waals surface area contributed by atoms with Crippen LogP contribution in [0.4, 0.5) is 0 Å². The lowest BCUT2D eigenvalue weighted by Crippen LogP contribution is -2.22. The molecule has 0 amide bonds. The van der Waals surface area contributed by atoms with Gasteiger partial charge >= 0.3 is 7.82 Å². The highest BCUT2D eigenvalue weighted by molar-refractivity contribution is 7.47. The smallest absolute Gasteiger partial charge is 0.328 e. The van der Waals surface area contributed by atoms with Crippen molar-refractivity contribution in [2.75, 3.05) is 13.2 Å². The SMILES string of the molecule is CCCCCCCCOP(=O)(O)OCCCCCCCC.NC1CCCCC1. The van der Waals surface area contributed by atoms with Crippen LogP contribution < -0.4 is 5.73 Å². The summed E-state index contributed by atoms with van der Waals surface area (Å²) in [6.07, 6.45) is 20.2. The van der Waals surface area contributed by atoms with Gasteiger partial charge in [0, 0.05) is 6.04 Å². The van der Waals surface area contributed by atoms with Crippen LogP contribution in [0.2, 0.25) is 0 Å². The number of rotatable bonds is 16. The Hall–Kier alpha value is 0.0700. The molecule has 1 fully saturated rings. The van der Waals surface area contributed by atoms with Gasteiger partial charge in [0.05, 0.1) is 13.2 Å². The van der Waals surface area contributed by atoms with Gasteiger partial charge in [-0.05, 0) is 25.7 Å². The van der Waals surface area contributed by atoms with Gasteiger partial charge in [-0.2, -0.15) is 0 Å². The van der Waals surface area contributed by atoms with Crippen molar-refractivity contribution in [3.63, 3.8) is 0 Å². The molecule has 0 bridgehead atoms. The number of unbranched alkanes of at least 4 members (excludes halogenated alkanes) is 10. The highest BCUT2D eigenvalue weighted by Crippen LogP contribution is 2.43. The van der Waals surface area contributed by atoms with Gasteiger partial charge in [0.25, 0.3) is 0 Å². The topological polar surface area (TPSA) is 81.8 Å². The van der Waals surface area contributed by atoms with Gasteiger partial charge in [0.1, 0.15) is 0 Å². The van der Waals surface area contributed by atoms with Crippen molar-refractivity contribution in [3.05, 3.63) is 0 Å². The van der Waals surface area contributed by atoms with Gasteiger partial charge < -0.3 is 10.6 Å². The molecule has 28 heavy (non-hydrogen) atoms. The van der Waals surface area contributed by atoms with E-state index in [0.29, 0.717) is 19.3 Å². The van der Waals surface area contributed by atoms with Gasteiger partial charge in [0.15, 0.2) is 0 Å². The van der Waals surface area contributed by atoms with Crippen LogP contribution in [-0.2, 0) is 13.6 Å². The average Bonchev–Trinajstić information content (AvgIpc) is 2.68. The first-order valence-electron chi connectivity index (χ1n) is 11.9. The predicted molar refractivity (Wildman–Crippen MR) is 120 cm³/mol. The van der Waals surface area contributed by atoms with Crippen LogP contribution in [0.15, 0.2) is 0 Å². The fourth-order valence-corrected chi connectivity index (χ4v) is 4.09. The molecular weight excluding hydrogens is 373 g/mol. The summed E-state index contributed by atoms with van der Waals surface area (Å²) in [5.74, 6) is 0. The Kier molecular flexibility index (Phi) is 20.4. The molecular formula is C22H48NO4P. The third-order valence-electron chi connectivity index (χ3n) is 5.15. The zero-order chi connectivity index (χ0) is 20.9. The van der Waals surface area contributed by atoms with Crippen molar-refractivity contribution in [2.24, 2.45) is 5.73 Å². The van der Waals surface area contributed by atoms with E-state index >= 15 is 0 Å². The third kappa shape index (κ3) is 20.8. The lowest BCUT2D eigenvalue weighted by Gasteiger charge is -2.15. The third-order valence-corrected chi connectivity index (χ3v) is 6.17. The van der Waals surface area contributed by atoms with Crippen LogP contribution in [0.1, 0.15) is 123 Å². The molecule has 1 rings (SSSR count). The van der Waals surface area contributed by atoms with Crippen molar-refractivity contribution >= 4 is 7.82 Å². The molecule has 170 valence electrons. The highest BCUT2D eigenvalue weighted by Gasteiger charge is 2.19. The summed E-state index contributed by atoms with van der Waals surface area (Å²) < 4.78 is 21.5. The summed E-state index contributed by atoms with van der Waals surface area (Å²) in [4.78, 5) is 9.51. The summed E-state index contributed by atoms with van der Waals surface area (Å²) in [7, 11) is -3.82. The average molecular weight is 422 g/mol. The Bertz CT molecular complexity index is 340. The van der Waals surface area contributed by atoms with Crippen LogP contribution >= 0.6 is 7.82 Å². The molecule has 1 aliphatic rings. The van der Waals surface area contributed by atoms with Crippen molar-refractivity contribution < 1.29 is 18.5 Å². The quantitative estimate of drug-likeness (QED) is 0.205.